The van der Waals surface area contributed by atoms with E-state index in [1.54, 1.807) is 25.3 Å². The van der Waals surface area contributed by atoms with E-state index in [1.165, 1.54) is 0 Å². The number of piperidine rings is 1. The topological polar surface area (TPSA) is 75.8 Å². The molecule has 1 saturated heterocycles. The van der Waals surface area contributed by atoms with Gasteiger partial charge in [0.15, 0.2) is 0 Å². The van der Waals surface area contributed by atoms with Crippen molar-refractivity contribution in [2.24, 2.45) is 5.92 Å². The highest BCUT2D eigenvalue weighted by atomic mass is 16.5. The van der Waals surface area contributed by atoms with Gasteiger partial charge in [-0.25, -0.2) is 0 Å². The minimum absolute atomic E-state index is 0.0345. The van der Waals surface area contributed by atoms with Crippen molar-refractivity contribution in [2.45, 2.75) is 19.3 Å². The predicted molar refractivity (Wildman–Crippen MR) is 77.7 cm³/mol. The maximum Gasteiger partial charge on any atom is 0.255 e. The molecule has 20 heavy (non-hydrogen) atoms. The minimum atomic E-state index is -0.0345. The number of carbonyl (C=O) groups is 1. The van der Waals surface area contributed by atoms with E-state index in [0.29, 0.717) is 29.5 Å². The molecule has 0 aromatic heterocycles. The van der Waals surface area contributed by atoms with Crippen LogP contribution in [0.3, 0.4) is 0 Å². The lowest BCUT2D eigenvalue weighted by Gasteiger charge is -2.32. The third-order valence-electron chi connectivity index (χ3n) is 3.83. The van der Waals surface area contributed by atoms with E-state index >= 15 is 0 Å². The molecule has 0 saturated carbocycles. The standard InChI is InChI=1S/C15H22N2O3/c1-20-12-4-5-13(14(16)9-12)15(19)17-7-2-3-11(10-17)6-8-18/h4-5,9,11,18H,2-3,6-8,10,16H2,1H3. The molecule has 0 radical (unpaired) electrons. The third-order valence-corrected chi connectivity index (χ3v) is 3.83. The molecule has 5 heteroatoms. The molecule has 1 aliphatic rings. The summed E-state index contributed by atoms with van der Waals surface area (Å²) in [5, 5.41) is 9.02. The normalized spacial score (nSPS) is 18.9. The number of anilines is 1. The van der Waals surface area contributed by atoms with Crippen molar-refractivity contribution in [1.29, 1.82) is 0 Å². The highest BCUT2D eigenvalue weighted by molar-refractivity contribution is 5.99. The second-order valence-electron chi connectivity index (χ2n) is 5.22. The summed E-state index contributed by atoms with van der Waals surface area (Å²) in [4.78, 5) is 14.3. The van der Waals surface area contributed by atoms with Gasteiger partial charge in [-0.3, -0.25) is 4.79 Å². The molecule has 1 amide bonds. The van der Waals surface area contributed by atoms with Crippen molar-refractivity contribution in [1.82, 2.24) is 4.90 Å². The summed E-state index contributed by atoms with van der Waals surface area (Å²) in [5.41, 5.74) is 6.90. The predicted octanol–water partition coefficient (Wildman–Crippen LogP) is 1.51. The Morgan fingerprint density at radius 1 is 1.55 bits per heavy atom. The van der Waals surface area contributed by atoms with E-state index in [4.69, 9.17) is 15.6 Å². The number of aliphatic hydroxyl groups is 1. The van der Waals surface area contributed by atoms with E-state index in [-0.39, 0.29) is 12.5 Å². The van der Waals surface area contributed by atoms with Gasteiger partial charge in [0.25, 0.3) is 5.91 Å². The molecule has 1 atom stereocenters. The number of methoxy groups -OCH3 is 1. The molecule has 1 unspecified atom stereocenters. The average Bonchev–Trinajstić information content (AvgIpc) is 2.47. The Hall–Kier alpha value is -1.75. The molecule has 0 bridgehead atoms. The van der Waals surface area contributed by atoms with Gasteiger partial charge >= 0.3 is 0 Å². The van der Waals surface area contributed by atoms with Gasteiger partial charge in [0.1, 0.15) is 5.75 Å². The Labute approximate surface area is 119 Å². The Morgan fingerprint density at radius 2 is 2.35 bits per heavy atom. The maximum absolute atomic E-state index is 12.5. The monoisotopic (exact) mass is 278 g/mol. The summed E-state index contributed by atoms with van der Waals surface area (Å²) < 4.78 is 5.09. The van der Waals surface area contributed by atoms with Gasteiger partial charge in [-0.05, 0) is 37.3 Å². The van der Waals surface area contributed by atoms with Gasteiger partial charge in [-0.2, -0.15) is 0 Å². The number of nitrogens with zero attached hydrogens (tertiary/aromatic N) is 1. The SMILES string of the molecule is COc1ccc(C(=O)N2CCCC(CCO)C2)c(N)c1. The van der Waals surface area contributed by atoms with E-state index in [1.807, 2.05) is 4.90 Å². The lowest BCUT2D eigenvalue weighted by atomic mass is 9.94. The van der Waals surface area contributed by atoms with Crippen molar-refractivity contribution in [3.05, 3.63) is 23.8 Å². The quantitative estimate of drug-likeness (QED) is 0.819. The van der Waals surface area contributed by atoms with Gasteiger partial charge in [0.2, 0.25) is 0 Å². The van der Waals surface area contributed by atoms with Gasteiger partial charge in [0.05, 0.1) is 12.7 Å². The molecule has 1 aliphatic heterocycles. The number of benzene rings is 1. The second-order valence-corrected chi connectivity index (χ2v) is 5.22. The lowest BCUT2D eigenvalue weighted by molar-refractivity contribution is 0.0654. The van der Waals surface area contributed by atoms with Gasteiger partial charge < -0.3 is 20.5 Å². The first-order valence-corrected chi connectivity index (χ1v) is 6.99. The molecule has 1 aromatic carbocycles. The van der Waals surface area contributed by atoms with Crippen molar-refractivity contribution in [3.8, 4) is 5.75 Å². The fourth-order valence-corrected chi connectivity index (χ4v) is 2.70. The smallest absolute Gasteiger partial charge is 0.255 e. The molecule has 1 aromatic rings. The Kier molecular flexibility index (Phi) is 4.84. The summed E-state index contributed by atoms with van der Waals surface area (Å²) in [6, 6.07) is 5.13. The number of likely N-dealkylation sites (tertiary alicyclic amines) is 1. The minimum Gasteiger partial charge on any atom is -0.497 e. The van der Waals surface area contributed by atoms with Crippen molar-refractivity contribution < 1.29 is 14.6 Å². The zero-order valence-electron chi connectivity index (χ0n) is 11.8. The van der Waals surface area contributed by atoms with Gasteiger partial charge in [0, 0.05) is 31.5 Å². The van der Waals surface area contributed by atoms with Gasteiger partial charge in [-0.15, -0.1) is 0 Å². The molecule has 2 rings (SSSR count). The number of hydrogen-bond donors (Lipinski definition) is 2. The number of aliphatic hydroxyl groups excluding tert-OH is 1. The second kappa shape index (κ2) is 6.61. The van der Waals surface area contributed by atoms with Crippen LogP contribution in [0.25, 0.3) is 0 Å². The Bertz CT molecular complexity index is 474. The summed E-state index contributed by atoms with van der Waals surface area (Å²) in [6.07, 6.45) is 2.80. The number of ether oxygens (including phenoxy) is 1. The van der Waals surface area contributed by atoms with Crippen LogP contribution in [-0.2, 0) is 0 Å². The first kappa shape index (κ1) is 14.7. The highest BCUT2D eigenvalue weighted by Crippen LogP contribution is 2.25. The van der Waals surface area contributed by atoms with Crippen LogP contribution in [0.1, 0.15) is 29.6 Å². The van der Waals surface area contributed by atoms with E-state index in [0.717, 1.165) is 25.8 Å². The Morgan fingerprint density at radius 3 is 3.00 bits per heavy atom. The van der Waals surface area contributed by atoms with Crippen molar-refractivity contribution >= 4 is 11.6 Å². The molecule has 0 spiro atoms. The van der Waals surface area contributed by atoms with Crippen LogP contribution in [0.15, 0.2) is 18.2 Å². The highest BCUT2D eigenvalue weighted by Gasteiger charge is 2.25. The summed E-state index contributed by atoms with van der Waals surface area (Å²) in [7, 11) is 1.57. The molecule has 0 aliphatic carbocycles. The first-order valence-electron chi connectivity index (χ1n) is 6.99. The van der Waals surface area contributed by atoms with Crippen LogP contribution in [0, 0.1) is 5.92 Å². The summed E-state index contributed by atoms with van der Waals surface area (Å²) >= 11 is 0. The lowest BCUT2D eigenvalue weighted by Crippen LogP contribution is -2.40. The fourth-order valence-electron chi connectivity index (χ4n) is 2.70. The summed E-state index contributed by atoms with van der Waals surface area (Å²) in [5.74, 6) is 1.00. The number of nitrogens with two attached hydrogens (primary N) is 1. The van der Waals surface area contributed by atoms with Gasteiger partial charge in [-0.1, -0.05) is 0 Å². The fraction of sp³-hybridized carbons (Fsp3) is 0.533. The molecular formula is C15H22N2O3. The molecule has 5 nitrogen and oxygen atoms in total. The first-order chi connectivity index (χ1) is 9.65. The average molecular weight is 278 g/mol. The number of rotatable bonds is 4. The number of nitrogen functional groups attached to an aromatic ring is 1. The van der Waals surface area contributed by atoms with E-state index in [2.05, 4.69) is 0 Å². The zero-order valence-corrected chi connectivity index (χ0v) is 11.8. The molecule has 110 valence electrons. The number of amides is 1. The zero-order chi connectivity index (χ0) is 14.5. The maximum atomic E-state index is 12.5. The van der Waals surface area contributed by atoms with Crippen LogP contribution in [0.4, 0.5) is 5.69 Å². The Balaban J connectivity index is 2.10. The van der Waals surface area contributed by atoms with Crippen LogP contribution in [0.5, 0.6) is 5.75 Å². The van der Waals surface area contributed by atoms with Crippen molar-refractivity contribution in [3.63, 3.8) is 0 Å². The number of hydrogen-bond acceptors (Lipinski definition) is 4. The van der Waals surface area contributed by atoms with Crippen LogP contribution < -0.4 is 10.5 Å². The third kappa shape index (κ3) is 3.22. The van der Waals surface area contributed by atoms with Crippen LogP contribution >= 0.6 is 0 Å². The molecular weight excluding hydrogens is 256 g/mol. The van der Waals surface area contributed by atoms with Crippen LogP contribution in [-0.4, -0.2) is 42.7 Å². The molecule has 1 heterocycles. The van der Waals surface area contributed by atoms with Crippen molar-refractivity contribution in [2.75, 3.05) is 32.5 Å². The molecule has 1 fully saturated rings. The van der Waals surface area contributed by atoms with E-state index < -0.39 is 0 Å². The van der Waals surface area contributed by atoms with E-state index in [9.17, 15) is 4.79 Å². The van der Waals surface area contributed by atoms with Crippen LogP contribution in [0.2, 0.25) is 0 Å². The molecule has 3 N–H and O–H groups in total. The largest absolute Gasteiger partial charge is 0.497 e. The summed E-state index contributed by atoms with van der Waals surface area (Å²) in [6.45, 7) is 1.63. The number of carbonyl (C=O) groups excluding carboxylic acids is 1.